The van der Waals surface area contributed by atoms with Gasteiger partial charge < -0.3 is 10.4 Å². The average molecular weight is 419 g/mol. The lowest BCUT2D eigenvalue weighted by molar-refractivity contribution is -0.136. The Morgan fingerprint density at radius 3 is 2.55 bits per heavy atom. The van der Waals surface area contributed by atoms with E-state index in [-0.39, 0.29) is 12.3 Å². The highest BCUT2D eigenvalue weighted by Gasteiger charge is 2.14. The first-order valence-electron chi connectivity index (χ1n) is 5.53. The third-order valence-corrected chi connectivity index (χ3v) is 5.73. The van der Waals surface area contributed by atoms with E-state index in [1.165, 1.54) is 11.3 Å². The van der Waals surface area contributed by atoms with E-state index in [1.807, 2.05) is 0 Å². The molecule has 7 heteroatoms. The molecular weight excluding hydrogens is 410 g/mol. The summed E-state index contributed by atoms with van der Waals surface area (Å²) in [6, 6.07) is 8.58. The van der Waals surface area contributed by atoms with Gasteiger partial charge in [0, 0.05) is 10.2 Å². The summed E-state index contributed by atoms with van der Waals surface area (Å²) < 4.78 is 1.65. The molecular formula is C13H9Br2NO3S. The summed E-state index contributed by atoms with van der Waals surface area (Å²) in [6.07, 6.45) is -0.131. The van der Waals surface area contributed by atoms with E-state index < -0.39 is 5.97 Å². The number of aliphatic carboxylic acids is 1. The largest absolute Gasteiger partial charge is 0.481 e. The predicted molar refractivity (Wildman–Crippen MR) is 85.5 cm³/mol. The Bertz CT molecular complexity index is 650. The van der Waals surface area contributed by atoms with Crippen LogP contribution in [0.3, 0.4) is 0 Å². The molecule has 0 aliphatic heterocycles. The first kappa shape index (κ1) is 15.2. The zero-order valence-corrected chi connectivity index (χ0v) is 14.0. The summed E-state index contributed by atoms with van der Waals surface area (Å²) in [6.45, 7) is 0. The molecule has 0 unspecified atom stereocenters. The van der Waals surface area contributed by atoms with E-state index in [4.69, 9.17) is 5.11 Å². The van der Waals surface area contributed by atoms with E-state index in [0.717, 1.165) is 8.26 Å². The van der Waals surface area contributed by atoms with Gasteiger partial charge in [0.15, 0.2) is 0 Å². The van der Waals surface area contributed by atoms with Crippen LogP contribution in [0.15, 0.2) is 38.6 Å². The summed E-state index contributed by atoms with van der Waals surface area (Å²) in [5.74, 6) is -1.20. The highest BCUT2D eigenvalue weighted by molar-refractivity contribution is 9.13. The molecule has 0 fully saturated rings. The maximum Gasteiger partial charge on any atom is 0.307 e. The van der Waals surface area contributed by atoms with Crippen LogP contribution in [0.4, 0.5) is 5.69 Å². The number of rotatable bonds is 4. The molecule has 1 aromatic heterocycles. The quantitative estimate of drug-likeness (QED) is 0.783. The van der Waals surface area contributed by atoms with Gasteiger partial charge in [-0.1, -0.05) is 18.2 Å². The van der Waals surface area contributed by atoms with Crippen molar-refractivity contribution in [3.63, 3.8) is 0 Å². The topological polar surface area (TPSA) is 66.4 Å². The van der Waals surface area contributed by atoms with Crippen LogP contribution in [0.2, 0.25) is 0 Å². The highest BCUT2D eigenvalue weighted by Crippen LogP contribution is 2.32. The number of carboxylic acid groups (broad SMARTS) is 1. The third-order valence-electron chi connectivity index (χ3n) is 2.48. The van der Waals surface area contributed by atoms with Crippen molar-refractivity contribution in [2.75, 3.05) is 5.32 Å². The first-order chi connectivity index (χ1) is 9.47. The highest BCUT2D eigenvalue weighted by atomic mass is 79.9. The van der Waals surface area contributed by atoms with Crippen molar-refractivity contribution in [3.8, 4) is 0 Å². The van der Waals surface area contributed by atoms with Gasteiger partial charge in [0.1, 0.15) is 0 Å². The number of carboxylic acids is 1. The fourth-order valence-corrected chi connectivity index (χ4v) is 3.53. The van der Waals surface area contributed by atoms with Gasteiger partial charge in [-0.15, -0.1) is 11.3 Å². The molecule has 0 spiro atoms. The van der Waals surface area contributed by atoms with Crippen LogP contribution in [0.5, 0.6) is 0 Å². The van der Waals surface area contributed by atoms with Crippen molar-refractivity contribution in [3.05, 3.63) is 49.0 Å². The van der Waals surface area contributed by atoms with Crippen molar-refractivity contribution in [2.45, 2.75) is 6.42 Å². The Morgan fingerprint density at radius 2 is 1.95 bits per heavy atom. The molecule has 0 atom stereocenters. The zero-order valence-electron chi connectivity index (χ0n) is 10.0. The van der Waals surface area contributed by atoms with E-state index in [2.05, 4.69) is 37.2 Å². The summed E-state index contributed by atoms with van der Waals surface area (Å²) in [4.78, 5) is 23.5. The van der Waals surface area contributed by atoms with Gasteiger partial charge in [-0.2, -0.15) is 0 Å². The molecule has 104 valence electrons. The lowest BCUT2D eigenvalue weighted by atomic mass is 10.1. The van der Waals surface area contributed by atoms with Gasteiger partial charge in [-0.3, -0.25) is 9.59 Å². The zero-order chi connectivity index (χ0) is 14.7. The van der Waals surface area contributed by atoms with Crippen LogP contribution in [0.25, 0.3) is 0 Å². The lowest BCUT2D eigenvalue weighted by Crippen LogP contribution is -2.13. The molecule has 0 saturated carbocycles. The number of thiophene rings is 1. The van der Waals surface area contributed by atoms with E-state index in [1.54, 1.807) is 30.3 Å². The summed E-state index contributed by atoms with van der Waals surface area (Å²) in [7, 11) is 0. The SMILES string of the molecule is O=C(O)Cc1ccccc1NC(=O)c1cc(Br)c(Br)s1. The molecule has 0 radical (unpaired) electrons. The smallest absolute Gasteiger partial charge is 0.307 e. The molecule has 1 aromatic carbocycles. The lowest BCUT2D eigenvalue weighted by Gasteiger charge is -2.08. The van der Waals surface area contributed by atoms with E-state index >= 15 is 0 Å². The maximum atomic E-state index is 12.1. The maximum absolute atomic E-state index is 12.1. The molecule has 2 aromatic rings. The molecule has 0 aliphatic rings. The number of nitrogens with one attached hydrogen (secondary N) is 1. The van der Waals surface area contributed by atoms with Crippen LogP contribution in [0, 0.1) is 0 Å². The molecule has 4 nitrogen and oxygen atoms in total. The van der Waals surface area contributed by atoms with Crippen LogP contribution < -0.4 is 5.32 Å². The monoisotopic (exact) mass is 417 g/mol. The van der Waals surface area contributed by atoms with E-state index in [0.29, 0.717) is 16.1 Å². The second-order valence-corrected chi connectivity index (χ2v) is 7.14. The molecule has 2 rings (SSSR count). The number of amides is 1. The minimum Gasteiger partial charge on any atom is -0.481 e. The van der Waals surface area contributed by atoms with Crippen LogP contribution in [-0.2, 0) is 11.2 Å². The van der Waals surface area contributed by atoms with Crippen LogP contribution in [0.1, 0.15) is 15.2 Å². The van der Waals surface area contributed by atoms with Gasteiger partial charge in [0.05, 0.1) is 15.1 Å². The molecule has 20 heavy (non-hydrogen) atoms. The standard InChI is InChI=1S/C13H9Br2NO3S/c14-8-6-10(20-12(8)15)13(19)16-9-4-2-1-3-7(9)5-11(17)18/h1-4,6H,5H2,(H,16,19)(H,17,18). The van der Waals surface area contributed by atoms with Gasteiger partial charge in [-0.25, -0.2) is 0 Å². The molecule has 0 bridgehead atoms. The predicted octanol–water partition coefficient (Wildman–Crippen LogP) is 4.15. The minimum atomic E-state index is -0.937. The Hall–Kier alpha value is -1.18. The van der Waals surface area contributed by atoms with Gasteiger partial charge in [-0.05, 0) is 49.6 Å². The Labute approximate surface area is 136 Å². The molecule has 1 heterocycles. The number of anilines is 1. The number of benzene rings is 1. The van der Waals surface area contributed by atoms with Crippen molar-refractivity contribution in [1.82, 2.24) is 0 Å². The number of carbonyl (C=O) groups is 2. The molecule has 0 aliphatic carbocycles. The second kappa shape index (κ2) is 6.51. The van der Waals surface area contributed by atoms with Crippen molar-refractivity contribution in [1.29, 1.82) is 0 Å². The van der Waals surface area contributed by atoms with Crippen molar-refractivity contribution >= 4 is 60.8 Å². The van der Waals surface area contributed by atoms with Crippen LogP contribution >= 0.6 is 43.2 Å². The second-order valence-electron chi connectivity index (χ2n) is 3.91. The van der Waals surface area contributed by atoms with Crippen molar-refractivity contribution < 1.29 is 14.7 Å². The third kappa shape index (κ3) is 3.68. The Balaban J connectivity index is 2.21. The van der Waals surface area contributed by atoms with Crippen molar-refractivity contribution in [2.24, 2.45) is 0 Å². The number of hydrogen-bond acceptors (Lipinski definition) is 3. The fraction of sp³-hybridized carbons (Fsp3) is 0.0769. The molecule has 0 saturated heterocycles. The van der Waals surface area contributed by atoms with E-state index in [9.17, 15) is 9.59 Å². The Kier molecular flexibility index (Phi) is 4.95. The average Bonchev–Trinajstić information content (AvgIpc) is 2.71. The van der Waals surface area contributed by atoms with Gasteiger partial charge in [0.25, 0.3) is 5.91 Å². The van der Waals surface area contributed by atoms with Gasteiger partial charge in [0.2, 0.25) is 0 Å². The molecule has 2 N–H and O–H groups in total. The molecule has 1 amide bonds. The number of carbonyl (C=O) groups excluding carboxylic acids is 1. The first-order valence-corrected chi connectivity index (χ1v) is 7.93. The minimum absolute atomic E-state index is 0.131. The Morgan fingerprint density at radius 1 is 1.25 bits per heavy atom. The fourth-order valence-electron chi connectivity index (χ4n) is 1.60. The number of hydrogen-bond donors (Lipinski definition) is 2. The number of para-hydroxylation sites is 1. The summed E-state index contributed by atoms with van der Waals surface area (Å²) in [5, 5.41) is 11.6. The normalized spacial score (nSPS) is 10.3. The summed E-state index contributed by atoms with van der Waals surface area (Å²) >= 11 is 7.96. The van der Waals surface area contributed by atoms with Gasteiger partial charge >= 0.3 is 5.97 Å². The van der Waals surface area contributed by atoms with Crippen LogP contribution in [-0.4, -0.2) is 17.0 Å². The number of halogens is 2. The summed E-state index contributed by atoms with van der Waals surface area (Å²) in [5.41, 5.74) is 1.09.